The van der Waals surface area contributed by atoms with Gasteiger partial charge in [-0.3, -0.25) is 23.5 Å². The molecule has 4 rings (SSSR count). The summed E-state index contributed by atoms with van der Waals surface area (Å²) < 4.78 is 12.5. The van der Waals surface area contributed by atoms with Crippen molar-refractivity contribution in [2.24, 2.45) is 0 Å². The molecule has 0 spiro atoms. The minimum atomic E-state index is -0.571. The molecule has 31 heavy (non-hydrogen) atoms. The van der Waals surface area contributed by atoms with Gasteiger partial charge >= 0.3 is 19.8 Å². The zero-order chi connectivity index (χ0) is 22.5. The van der Waals surface area contributed by atoms with E-state index in [1.165, 1.54) is 11.6 Å². The fourth-order valence-electron chi connectivity index (χ4n) is 2.26. The SMILES string of the molecule is Cc1ccnc(-c2cc(C)n[n-]2)c1.Cc1ccnc(-c2cc(F)n[n-]2)c1.[CH-]=O.[CH-]=O.[Os+2]. The molecule has 0 atom stereocenters. The number of carbonyl (C=O) groups excluding carboxylic acids is 2. The van der Waals surface area contributed by atoms with E-state index in [1.807, 2.05) is 51.1 Å². The van der Waals surface area contributed by atoms with E-state index >= 15 is 0 Å². The van der Waals surface area contributed by atoms with Crippen molar-refractivity contribution in [2.75, 3.05) is 0 Å². The smallest absolute Gasteiger partial charge is 0.574 e. The van der Waals surface area contributed by atoms with Gasteiger partial charge in [-0.15, -0.1) is 0 Å². The van der Waals surface area contributed by atoms with Crippen LogP contribution in [0.4, 0.5) is 4.39 Å². The Bertz CT molecular complexity index is 970. The van der Waals surface area contributed by atoms with Crippen LogP contribution >= 0.6 is 0 Å². The quantitative estimate of drug-likeness (QED) is 0.257. The molecule has 10 heteroatoms. The fourth-order valence-corrected chi connectivity index (χ4v) is 2.26. The number of halogens is 1. The number of hydrogen-bond acceptors (Lipinski definition) is 6. The molecule has 0 radical (unpaired) electrons. The molecule has 0 bridgehead atoms. The standard InChI is InChI=1S/C10H10N3.C9H7FN3.2CHO.Os/c1-7-3-4-11-9(5-7)10-6-8(2)12-13-10;1-6-2-3-11-7(4-6)8-5-9(10)13-12-8;2*1-2;/h3-6H,1-2H3;2-5H,1H3;2*1H;/q4*-1;+2. The van der Waals surface area contributed by atoms with Gasteiger partial charge in [-0.25, -0.2) is 0 Å². The molecule has 4 aromatic rings. The van der Waals surface area contributed by atoms with Crippen LogP contribution in [-0.4, -0.2) is 33.7 Å². The zero-order valence-corrected chi connectivity index (χ0v) is 19.5. The molecule has 0 saturated carbocycles. The normalized spacial score (nSPS) is 8.90. The van der Waals surface area contributed by atoms with Crippen LogP contribution in [0.2, 0.25) is 0 Å². The largest absolute Gasteiger partial charge is 2.00 e. The summed E-state index contributed by atoms with van der Waals surface area (Å²) >= 11 is 0. The van der Waals surface area contributed by atoms with Gasteiger partial charge in [0.05, 0.1) is 0 Å². The van der Waals surface area contributed by atoms with E-state index in [9.17, 15) is 4.39 Å². The Morgan fingerprint density at radius 2 is 1.19 bits per heavy atom. The minimum absolute atomic E-state index is 0. The third-order valence-corrected chi connectivity index (χ3v) is 3.53. The first kappa shape index (κ1) is 27.6. The third-order valence-electron chi connectivity index (χ3n) is 3.53. The molecule has 0 amide bonds. The first-order valence-corrected chi connectivity index (χ1v) is 8.47. The van der Waals surface area contributed by atoms with E-state index in [0.717, 1.165) is 22.6 Å². The topological polar surface area (TPSA) is 114 Å². The van der Waals surface area contributed by atoms with Gasteiger partial charge in [0.15, 0.2) is 5.95 Å². The van der Waals surface area contributed by atoms with Gasteiger partial charge in [-0.2, -0.15) is 4.39 Å². The van der Waals surface area contributed by atoms with Gasteiger partial charge in [0.25, 0.3) is 0 Å². The number of nitrogens with zero attached hydrogens (tertiary/aromatic N) is 6. The van der Waals surface area contributed by atoms with Crippen molar-refractivity contribution in [3.63, 3.8) is 0 Å². The van der Waals surface area contributed by atoms with E-state index in [4.69, 9.17) is 9.59 Å². The van der Waals surface area contributed by atoms with Crippen LogP contribution in [0.5, 0.6) is 0 Å². The van der Waals surface area contributed by atoms with E-state index in [-0.39, 0.29) is 19.8 Å². The second-order valence-corrected chi connectivity index (χ2v) is 5.86. The van der Waals surface area contributed by atoms with E-state index in [1.54, 1.807) is 12.4 Å². The molecule has 0 aliphatic rings. The molecule has 0 aliphatic carbocycles. The second kappa shape index (κ2) is 14.6. The molecule has 0 N–H and O–H groups in total. The second-order valence-electron chi connectivity index (χ2n) is 5.86. The summed E-state index contributed by atoms with van der Waals surface area (Å²) in [5, 5.41) is 14.9. The molecular formula is C21H19FN6O2Os-2. The first-order valence-electron chi connectivity index (χ1n) is 8.47. The molecule has 0 saturated heterocycles. The molecule has 0 fully saturated rings. The molecule has 0 unspecified atom stereocenters. The molecule has 8 nitrogen and oxygen atoms in total. The average molecular weight is 597 g/mol. The predicted octanol–water partition coefficient (Wildman–Crippen LogP) is 2.72. The van der Waals surface area contributed by atoms with Gasteiger partial charge in [0.1, 0.15) is 0 Å². The van der Waals surface area contributed by atoms with Crippen molar-refractivity contribution < 1.29 is 33.8 Å². The van der Waals surface area contributed by atoms with Crippen LogP contribution in [0.3, 0.4) is 0 Å². The Morgan fingerprint density at radius 1 is 0.742 bits per heavy atom. The van der Waals surface area contributed by atoms with E-state index < -0.39 is 5.95 Å². The van der Waals surface area contributed by atoms with Crippen LogP contribution in [0, 0.1) is 26.7 Å². The Hall–Kier alpha value is -3.37. The van der Waals surface area contributed by atoms with E-state index in [2.05, 4.69) is 43.9 Å². The van der Waals surface area contributed by atoms with Crippen LogP contribution in [0.25, 0.3) is 22.8 Å². The molecule has 0 aliphatic heterocycles. The van der Waals surface area contributed by atoms with Crippen molar-refractivity contribution in [3.05, 3.63) is 71.6 Å². The summed E-state index contributed by atoms with van der Waals surface area (Å²) in [4.78, 5) is 23.8. The maximum atomic E-state index is 12.5. The number of hydrogen-bond donors (Lipinski definition) is 0. The fraction of sp³-hybridized carbons (Fsp3) is 0.143. The third kappa shape index (κ3) is 8.89. The first-order chi connectivity index (χ1) is 14.5. The van der Waals surface area contributed by atoms with Gasteiger partial charge < -0.3 is 30.0 Å². The Morgan fingerprint density at radius 3 is 1.55 bits per heavy atom. The molecule has 4 aromatic heterocycles. The van der Waals surface area contributed by atoms with Crippen molar-refractivity contribution in [1.29, 1.82) is 0 Å². The van der Waals surface area contributed by atoms with Crippen LogP contribution in [0.1, 0.15) is 16.8 Å². The van der Waals surface area contributed by atoms with Crippen molar-refractivity contribution >= 4 is 13.6 Å². The van der Waals surface area contributed by atoms with Crippen LogP contribution < -0.4 is 10.2 Å². The Kier molecular flexibility index (Phi) is 13.0. The molecule has 0 aromatic carbocycles. The Balaban J connectivity index is 0.000000487. The number of pyridine rings is 2. The Labute approximate surface area is 192 Å². The van der Waals surface area contributed by atoms with Crippen molar-refractivity contribution in [2.45, 2.75) is 20.8 Å². The van der Waals surface area contributed by atoms with Crippen LogP contribution in [0.15, 0.2) is 48.8 Å². The van der Waals surface area contributed by atoms with E-state index in [0.29, 0.717) is 11.4 Å². The summed E-state index contributed by atoms with van der Waals surface area (Å²) in [5.74, 6) is -0.571. The van der Waals surface area contributed by atoms with Crippen LogP contribution in [-0.2, 0) is 29.4 Å². The molecule has 4 heterocycles. The van der Waals surface area contributed by atoms with Crippen molar-refractivity contribution in [3.8, 4) is 22.8 Å². The monoisotopic (exact) mass is 598 g/mol. The van der Waals surface area contributed by atoms with Gasteiger partial charge in [0, 0.05) is 29.5 Å². The predicted molar refractivity (Wildman–Crippen MR) is 109 cm³/mol. The number of aryl methyl sites for hydroxylation is 3. The van der Waals surface area contributed by atoms with Gasteiger partial charge in [-0.1, -0.05) is 17.5 Å². The summed E-state index contributed by atoms with van der Waals surface area (Å²) in [7, 11) is 0. The minimum Gasteiger partial charge on any atom is -0.574 e. The maximum absolute atomic E-state index is 12.5. The summed E-state index contributed by atoms with van der Waals surface area (Å²) in [5.41, 5.74) is 6.04. The van der Waals surface area contributed by atoms with Crippen molar-refractivity contribution in [1.82, 2.24) is 30.4 Å². The average Bonchev–Trinajstić information content (AvgIpc) is 3.40. The summed E-state index contributed by atoms with van der Waals surface area (Å²) in [6, 6.07) is 10.9. The zero-order valence-electron chi connectivity index (χ0n) is 17.0. The number of aromatic nitrogens is 6. The maximum Gasteiger partial charge on any atom is 2.00 e. The molecule has 162 valence electrons. The summed E-state index contributed by atoms with van der Waals surface area (Å²) in [6.07, 6.45) is 3.45. The number of rotatable bonds is 2. The van der Waals surface area contributed by atoms with Gasteiger partial charge in [-0.05, 0) is 62.2 Å². The molecular weight excluding hydrogens is 577 g/mol. The summed E-state index contributed by atoms with van der Waals surface area (Å²) in [6.45, 7) is 12.4. The van der Waals surface area contributed by atoms with Gasteiger partial charge in [0.2, 0.25) is 0 Å².